The number of hydrogen-bond donors (Lipinski definition) is 2. The lowest BCUT2D eigenvalue weighted by Gasteiger charge is -2.25. The molecule has 2 aliphatic rings. The standard InChI is InChI=1S/C23H38N2O9.C16H27NO3S.C7H14OS/c1-23(2,3)19(26)18-34-17-16-33-15-14-32-13-12-31-11-10-30-9-7-24-20(27)6-8-25-21(28)4-5-22(25)29;1-15(2,3)10-17-13(19)9-11(14(17)20)21-8-7-12(18)16(4,5)6;1-7(2,3)6(8)4-5-9/h4-5H,6-18H2,1-3H3,(H,24,27);11H,7-10H2,1-6H3;9H,4-5H2,1-3H3. The van der Waals surface area contributed by atoms with Crippen molar-refractivity contribution in [3.63, 3.8) is 0 Å². The molecule has 1 N–H and O–H groups in total. The highest BCUT2D eigenvalue weighted by Gasteiger charge is 2.40. The van der Waals surface area contributed by atoms with Crippen LogP contribution in [0.1, 0.15) is 109 Å². The number of rotatable bonds is 27. The lowest BCUT2D eigenvalue weighted by Crippen LogP contribution is -2.38. The number of nitrogens with zero attached hydrogens (tertiary/aromatic N) is 2. The van der Waals surface area contributed by atoms with E-state index in [1.54, 1.807) is 0 Å². The fourth-order valence-corrected chi connectivity index (χ4v) is 6.37. The van der Waals surface area contributed by atoms with Crippen LogP contribution in [0.3, 0.4) is 0 Å². The number of thiol groups is 1. The number of Topliss-reactive ketones (excluding diaryl/α,β-unsaturated/α-hetero) is 3. The van der Waals surface area contributed by atoms with Crippen LogP contribution < -0.4 is 5.32 Å². The van der Waals surface area contributed by atoms with Crippen LogP contribution in [0.4, 0.5) is 0 Å². The maximum Gasteiger partial charge on any atom is 0.253 e. The number of carbonyl (C=O) groups excluding carboxylic acids is 8. The molecule has 0 spiro atoms. The minimum atomic E-state index is -0.396. The van der Waals surface area contributed by atoms with E-state index in [1.165, 1.54) is 28.8 Å². The van der Waals surface area contributed by atoms with Crippen LogP contribution in [0.5, 0.6) is 0 Å². The quantitative estimate of drug-likeness (QED) is 0.0638. The van der Waals surface area contributed by atoms with Gasteiger partial charge in [-0.3, -0.25) is 48.2 Å². The molecule has 2 aliphatic heterocycles. The SMILES string of the molecule is CC(C)(C)C(=O)CCS.CC(C)(C)C(=O)COCCOCCOCCOCCOCCNC(=O)CCN1C(=O)C=CC1=O.CC(C)(C)CN1C(=O)CC(SCCC(=O)C(C)(C)C)C1=O. The van der Waals surface area contributed by atoms with Crippen LogP contribution in [0, 0.1) is 21.7 Å². The van der Waals surface area contributed by atoms with E-state index < -0.39 is 11.8 Å². The maximum atomic E-state index is 12.3. The molecule has 0 aliphatic carbocycles. The van der Waals surface area contributed by atoms with Crippen molar-refractivity contribution in [2.24, 2.45) is 21.7 Å². The highest BCUT2D eigenvalue weighted by atomic mass is 32.2. The molecule has 368 valence electrons. The number of ether oxygens (including phenoxy) is 5. The van der Waals surface area contributed by atoms with Crippen molar-refractivity contribution in [3.8, 4) is 0 Å². The summed E-state index contributed by atoms with van der Waals surface area (Å²) >= 11 is 5.41. The predicted molar refractivity (Wildman–Crippen MR) is 251 cm³/mol. The van der Waals surface area contributed by atoms with Crippen LogP contribution in [-0.4, -0.2) is 159 Å². The van der Waals surface area contributed by atoms with Crippen LogP contribution in [0.2, 0.25) is 0 Å². The highest BCUT2D eigenvalue weighted by molar-refractivity contribution is 8.00. The van der Waals surface area contributed by atoms with E-state index in [0.717, 1.165) is 4.90 Å². The molecule has 1 atom stereocenters. The van der Waals surface area contributed by atoms with Gasteiger partial charge in [0.2, 0.25) is 17.7 Å². The van der Waals surface area contributed by atoms with E-state index in [0.29, 0.717) is 96.9 Å². The normalized spacial score (nSPS) is 15.5. The number of carbonyl (C=O) groups is 8. The zero-order valence-corrected chi connectivity index (χ0v) is 42.4. The molecule has 0 radical (unpaired) electrons. The largest absolute Gasteiger partial charge is 0.377 e. The molecule has 5 amide bonds. The van der Waals surface area contributed by atoms with Gasteiger partial charge in [-0.05, 0) is 11.2 Å². The third-order valence-corrected chi connectivity index (χ3v) is 10.5. The Balaban J connectivity index is 0.00000111. The van der Waals surface area contributed by atoms with Crippen molar-refractivity contribution < 1.29 is 62.0 Å². The molecule has 64 heavy (non-hydrogen) atoms. The molecule has 0 bridgehead atoms. The Labute approximate surface area is 392 Å². The molecule has 16 nitrogen and oxygen atoms in total. The summed E-state index contributed by atoms with van der Waals surface area (Å²) in [6.45, 7) is 27.7. The third-order valence-electron chi connectivity index (χ3n) is 9.08. The zero-order chi connectivity index (χ0) is 49.1. The molecule has 18 heteroatoms. The van der Waals surface area contributed by atoms with Crippen molar-refractivity contribution in [1.82, 2.24) is 15.1 Å². The highest BCUT2D eigenvalue weighted by Crippen LogP contribution is 2.29. The van der Waals surface area contributed by atoms with Crippen molar-refractivity contribution in [2.75, 3.05) is 97.2 Å². The Morgan fingerprint density at radius 3 is 1.48 bits per heavy atom. The van der Waals surface area contributed by atoms with Gasteiger partial charge in [-0.2, -0.15) is 12.6 Å². The van der Waals surface area contributed by atoms with Gasteiger partial charge in [0.1, 0.15) is 18.2 Å². The molecule has 1 unspecified atom stereocenters. The summed E-state index contributed by atoms with van der Waals surface area (Å²) in [5.41, 5.74) is -0.996. The number of likely N-dealkylation sites (tertiary alicyclic amines) is 1. The number of hydrogen-bond acceptors (Lipinski definition) is 15. The molecule has 2 heterocycles. The van der Waals surface area contributed by atoms with E-state index in [2.05, 4.69) is 17.9 Å². The van der Waals surface area contributed by atoms with Gasteiger partial charge in [-0.1, -0.05) is 83.1 Å². The Morgan fingerprint density at radius 2 is 1.06 bits per heavy atom. The van der Waals surface area contributed by atoms with Gasteiger partial charge in [0.05, 0.1) is 64.7 Å². The van der Waals surface area contributed by atoms with Gasteiger partial charge in [-0.25, -0.2) is 0 Å². The predicted octanol–water partition coefficient (Wildman–Crippen LogP) is 4.94. The Morgan fingerprint density at radius 1 is 0.625 bits per heavy atom. The van der Waals surface area contributed by atoms with E-state index in [1.807, 2.05) is 83.1 Å². The lowest BCUT2D eigenvalue weighted by molar-refractivity contribution is -0.140. The molecule has 0 saturated carbocycles. The van der Waals surface area contributed by atoms with Crippen LogP contribution in [0.25, 0.3) is 0 Å². The Kier molecular flexibility index (Phi) is 29.6. The summed E-state index contributed by atoms with van der Waals surface area (Å²) in [6.07, 6.45) is 3.74. The number of thioether (sulfide) groups is 1. The van der Waals surface area contributed by atoms with Gasteiger partial charge < -0.3 is 29.0 Å². The first-order valence-corrected chi connectivity index (χ1v) is 23.7. The summed E-state index contributed by atoms with van der Waals surface area (Å²) < 4.78 is 26.8. The van der Waals surface area contributed by atoms with Gasteiger partial charge >= 0.3 is 0 Å². The van der Waals surface area contributed by atoms with Crippen LogP contribution in [0.15, 0.2) is 12.2 Å². The molecule has 0 aromatic heterocycles. The van der Waals surface area contributed by atoms with E-state index in [4.69, 9.17) is 23.7 Å². The van der Waals surface area contributed by atoms with Crippen molar-refractivity contribution in [2.45, 2.75) is 114 Å². The number of nitrogens with one attached hydrogen (secondary N) is 1. The second kappa shape index (κ2) is 31.1. The van der Waals surface area contributed by atoms with Crippen molar-refractivity contribution in [3.05, 3.63) is 12.2 Å². The average Bonchev–Trinajstić information content (AvgIpc) is 3.64. The minimum Gasteiger partial charge on any atom is -0.377 e. The Bertz CT molecular complexity index is 1510. The Hall–Kier alpha value is -3.00. The number of ketones is 3. The fourth-order valence-electron chi connectivity index (χ4n) is 5.05. The minimum absolute atomic E-state index is 0.0551. The van der Waals surface area contributed by atoms with Gasteiger partial charge in [0.25, 0.3) is 11.8 Å². The van der Waals surface area contributed by atoms with Crippen molar-refractivity contribution >= 4 is 71.3 Å². The zero-order valence-electron chi connectivity index (χ0n) is 40.7. The summed E-state index contributed by atoms with van der Waals surface area (Å²) in [5, 5.41) is 2.35. The molecular formula is C46H79N3O13S2. The number of imide groups is 2. The van der Waals surface area contributed by atoms with E-state index in [9.17, 15) is 38.4 Å². The first-order valence-electron chi connectivity index (χ1n) is 22.0. The van der Waals surface area contributed by atoms with Gasteiger partial charge in [-0.15, -0.1) is 11.8 Å². The topological polar surface area (TPSA) is 201 Å². The summed E-state index contributed by atoms with van der Waals surface area (Å²) in [4.78, 5) is 95.7. The molecule has 0 aromatic carbocycles. The number of amides is 5. The first-order chi connectivity index (χ1) is 29.6. The second-order valence-corrected chi connectivity index (χ2v) is 21.2. The van der Waals surface area contributed by atoms with E-state index >= 15 is 0 Å². The fraction of sp³-hybridized carbons (Fsp3) is 0.783. The first kappa shape index (κ1) is 61.0. The third kappa shape index (κ3) is 28.8. The molecule has 0 aromatic rings. The van der Waals surface area contributed by atoms with Crippen molar-refractivity contribution in [1.29, 1.82) is 0 Å². The van der Waals surface area contributed by atoms with Crippen LogP contribution >= 0.6 is 24.4 Å². The van der Waals surface area contributed by atoms with Crippen LogP contribution in [-0.2, 0) is 62.0 Å². The van der Waals surface area contributed by atoms with Gasteiger partial charge in [0, 0.05) is 79.5 Å². The lowest BCUT2D eigenvalue weighted by atomic mass is 9.89. The second-order valence-electron chi connectivity index (χ2n) is 19.4. The molecule has 1 saturated heterocycles. The monoisotopic (exact) mass is 946 g/mol. The van der Waals surface area contributed by atoms with Gasteiger partial charge in [0.15, 0.2) is 5.78 Å². The smallest absolute Gasteiger partial charge is 0.253 e. The summed E-state index contributed by atoms with van der Waals surface area (Å²) in [6, 6.07) is 0. The summed E-state index contributed by atoms with van der Waals surface area (Å²) in [7, 11) is 0. The summed E-state index contributed by atoms with van der Waals surface area (Å²) in [5.74, 6) is 0.581. The van der Waals surface area contributed by atoms with E-state index in [-0.39, 0.29) is 88.0 Å². The average molecular weight is 946 g/mol. The molecule has 2 rings (SSSR count). The maximum absolute atomic E-state index is 12.3. The molecule has 1 fully saturated rings. The molecular weight excluding hydrogens is 867 g/mol.